The van der Waals surface area contributed by atoms with Crippen molar-refractivity contribution in [2.24, 2.45) is 0 Å². The third-order valence-corrected chi connectivity index (χ3v) is 6.17. The fraction of sp³-hybridized carbons (Fsp3) is 0.391. The normalized spacial score (nSPS) is 19.5. The van der Waals surface area contributed by atoms with Crippen molar-refractivity contribution < 1.29 is 9.59 Å². The quantitative estimate of drug-likeness (QED) is 0.755. The molecule has 146 valence electrons. The Kier molecular flexibility index (Phi) is 5.67. The Morgan fingerprint density at radius 1 is 1.04 bits per heavy atom. The highest BCUT2D eigenvalue weighted by atomic mass is 35.5. The van der Waals surface area contributed by atoms with E-state index in [1.807, 2.05) is 58.3 Å². The number of hydrogen-bond acceptors (Lipinski definition) is 2. The van der Waals surface area contributed by atoms with Crippen LogP contribution in [0.25, 0.3) is 0 Å². The van der Waals surface area contributed by atoms with Gasteiger partial charge in [-0.25, -0.2) is 0 Å². The van der Waals surface area contributed by atoms with E-state index in [-0.39, 0.29) is 17.9 Å². The van der Waals surface area contributed by atoms with Crippen LogP contribution in [-0.2, 0) is 17.8 Å². The molecule has 0 saturated carbocycles. The molecule has 0 N–H and O–H groups in total. The van der Waals surface area contributed by atoms with E-state index in [9.17, 15) is 9.59 Å². The molecule has 0 aromatic heterocycles. The summed E-state index contributed by atoms with van der Waals surface area (Å²) >= 11 is 6.31. The molecule has 28 heavy (non-hydrogen) atoms. The Hall–Kier alpha value is -2.33. The summed E-state index contributed by atoms with van der Waals surface area (Å²) in [4.78, 5) is 28.7. The highest BCUT2D eigenvalue weighted by Crippen LogP contribution is 2.26. The molecule has 2 aliphatic heterocycles. The molecule has 0 radical (unpaired) electrons. The molecule has 4 rings (SSSR count). The summed E-state index contributed by atoms with van der Waals surface area (Å²) in [6.45, 7) is 2.25. The number of benzene rings is 2. The maximum Gasteiger partial charge on any atom is 0.254 e. The molecular weight excluding hydrogens is 372 g/mol. The van der Waals surface area contributed by atoms with E-state index in [0.29, 0.717) is 18.5 Å². The van der Waals surface area contributed by atoms with E-state index in [1.165, 1.54) is 0 Å². The molecule has 2 saturated heterocycles. The predicted molar refractivity (Wildman–Crippen MR) is 110 cm³/mol. The van der Waals surface area contributed by atoms with Crippen molar-refractivity contribution in [2.45, 2.75) is 44.7 Å². The fourth-order valence-corrected chi connectivity index (χ4v) is 4.46. The van der Waals surface area contributed by atoms with Gasteiger partial charge in [0.05, 0.1) is 0 Å². The highest BCUT2D eigenvalue weighted by Gasteiger charge is 2.30. The largest absolute Gasteiger partial charge is 0.338 e. The molecule has 0 spiro atoms. The van der Waals surface area contributed by atoms with E-state index >= 15 is 0 Å². The van der Waals surface area contributed by atoms with Crippen molar-refractivity contribution in [3.63, 3.8) is 0 Å². The predicted octanol–water partition coefficient (Wildman–Crippen LogP) is 4.31. The number of carbonyl (C=O) groups is 2. The lowest BCUT2D eigenvalue weighted by molar-refractivity contribution is -0.128. The van der Waals surface area contributed by atoms with Crippen LogP contribution >= 0.6 is 11.6 Å². The van der Waals surface area contributed by atoms with Crippen LogP contribution in [0.2, 0.25) is 5.02 Å². The maximum absolute atomic E-state index is 13.1. The third-order valence-electron chi connectivity index (χ3n) is 5.80. The van der Waals surface area contributed by atoms with Crippen LogP contribution in [0.1, 0.15) is 47.2 Å². The summed E-state index contributed by atoms with van der Waals surface area (Å²) in [5, 5.41) is 0.766. The third kappa shape index (κ3) is 4.07. The summed E-state index contributed by atoms with van der Waals surface area (Å²) in [7, 11) is 0. The van der Waals surface area contributed by atoms with Crippen LogP contribution in [-0.4, -0.2) is 40.7 Å². The molecule has 1 atom stereocenters. The van der Waals surface area contributed by atoms with Gasteiger partial charge in [0.2, 0.25) is 5.91 Å². The van der Waals surface area contributed by atoms with Crippen LogP contribution in [0.15, 0.2) is 48.5 Å². The van der Waals surface area contributed by atoms with Crippen LogP contribution in [0.4, 0.5) is 0 Å². The van der Waals surface area contributed by atoms with Gasteiger partial charge in [-0.2, -0.15) is 0 Å². The van der Waals surface area contributed by atoms with Crippen LogP contribution in [0.3, 0.4) is 0 Å². The first-order valence-electron chi connectivity index (χ1n) is 10.0. The zero-order valence-corrected chi connectivity index (χ0v) is 16.7. The molecule has 2 fully saturated rings. The molecule has 2 aromatic rings. The van der Waals surface area contributed by atoms with Gasteiger partial charge in [0, 0.05) is 42.7 Å². The molecule has 2 heterocycles. The summed E-state index contributed by atoms with van der Waals surface area (Å²) in [5.74, 6) is 0.304. The maximum atomic E-state index is 13.1. The standard InChI is InChI=1S/C23H25ClN2O2/c24-21-7-2-1-5-19(21)15-20-6-3-14-26(20)23(28)18-11-9-17(10-12-18)16-25-13-4-8-22(25)27/h1-2,5,7,9-12,20H,3-4,6,8,13-16H2. The molecule has 4 nitrogen and oxygen atoms in total. The first kappa shape index (κ1) is 19.0. The molecule has 2 aliphatic rings. The SMILES string of the molecule is O=C1CCCN1Cc1ccc(C(=O)N2CCCC2Cc2ccccc2Cl)cc1. The topological polar surface area (TPSA) is 40.6 Å². The van der Waals surface area contributed by atoms with Crippen LogP contribution < -0.4 is 0 Å². The second-order valence-electron chi connectivity index (χ2n) is 7.71. The lowest BCUT2D eigenvalue weighted by Gasteiger charge is -2.25. The lowest BCUT2D eigenvalue weighted by Crippen LogP contribution is -2.36. The number of carbonyl (C=O) groups excluding carboxylic acids is 2. The van der Waals surface area contributed by atoms with E-state index in [0.717, 1.165) is 54.9 Å². The van der Waals surface area contributed by atoms with Gasteiger partial charge in [-0.15, -0.1) is 0 Å². The van der Waals surface area contributed by atoms with Crippen molar-refractivity contribution in [3.05, 3.63) is 70.2 Å². The molecule has 2 amide bonds. The number of amides is 2. The number of hydrogen-bond donors (Lipinski definition) is 0. The highest BCUT2D eigenvalue weighted by molar-refractivity contribution is 6.31. The Labute approximate surface area is 171 Å². The Morgan fingerprint density at radius 3 is 2.54 bits per heavy atom. The second kappa shape index (κ2) is 8.36. The van der Waals surface area contributed by atoms with E-state index in [2.05, 4.69) is 0 Å². The molecule has 0 bridgehead atoms. The Balaban J connectivity index is 1.43. The molecular formula is C23H25ClN2O2. The molecule has 1 unspecified atom stereocenters. The minimum Gasteiger partial charge on any atom is -0.338 e. The van der Waals surface area contributed by atoms with E-state index < -0.39 is 0 Å². The zero-order chi connectivity index (χ0) is 19.5. The van der Waals surface area contributed by atoms with E-state index in [4.69, 9.17) is 11.6 Å². The molecule has 0 aliphatic carbocycles. The van der Waals surface area contributed by atoms with Gasteiger partial charge in [-0.05, 0) is 55.0 Å². The number of halogens is 1. The second-order valence-corrected chi connectivity index (χ2v) is 8.11. The summed E-state index contributed by atoms with van der Waals surface area (Å²) < 4.78 is 0. The van der Waals surface area contributed by atoms with Crippen molar-refractivity contribution in [3.8, 4) is 0 Å². The van der Waals surface area contributed by atoms with Gasteiger partial charge in [0.25, 0.3) is 5.91 Å². The Bertz CT molecular complexity index is 865. The molecule has 5 heteroatoms. The van der Waals surface area contributed by atoms with Gasteiger partial charge in [0.1, 0.15) is 0 Å². The number of likely N-dealkylation sites (tertiary alicyclic amines) is 2. The van der Waals surface area contributed by atoms with Crippen molar-refractivity contribution in [1.29, 1.82) is 0 Å². The van der Waals surface area contributed by atoms with Crippen molar-refractivity contribution in [2.75, 3.05) is 13.1 Å². The minimum atomic E-state index is 0.0818. The Morgan fingerprint density at radius 2 is 1.82 bits per heavy atom. The van der Waals surface area contributed by atoms with Gasteiger partial charge in [0.15, 0.2) is 0 Å². The number of nitrogens with zero attached hydrogens (tertiary/aromatic N) is 2. The average Bonchev–Trinajstić information content (AvgIpc) is 3.33. The molecule has 2 aromatic carbocycles. The van der Waals surface area contributed by atoms with Crippen LogP contribution in [0.5, 0.6) is 0 Å². The minimum absolute atomic E-state index is 0.0818. The summed E-state index contributed by atoms with van der Waals surface area (Å²) in [5.41, 5.74) is 2.88. The summed E-state index contributed by atoms with van der Waals surface area (Å²) in [6, 6.07) is 15.8. The van der Waals surface area contributed by atoms with Gasteiger partial charge < -0.3 is 9.80 Å². The first-order valence-corrected chi connectivity index (χ1v) is 10.4. The summed E-state index contributed by atoms with van der Waals surface area (Å²) in [6.07, 6.45) is 4.41. The van der Waals surface area contributed by atoms with Gasteiger partial charge in [-0.3, -0.25) is 9.59 Å². The first-order chi connectivity index (χ1) is 13.6. The smallest absolute Gasteiger partial charge is 0.254 e. The van der Waals surface area contributed by atoms with Crippen molar-refractivity contribution >= 4 is 23.4 Å². The van der Waals surface area contributed by atoms with E-state index in [1.54, 1.807) is 0 Å². The fourth-order valence-electron chi connectivity index (χ4n) is 4.24. The van der Waals surface area contributed by atoms with Gasteiger partial charge in [-0.1, -0.05) is 41.9 Å². The zero-order valence-electron chi connectivity index (χ0n) is 15.9. The number of rotatable bonds is 5. The lowest BCUT2D eigenvalue weighted by atomic mass is 10.0. The average molecular weight is 397 g/mol. The van der Waals surface area contributed by atoms with Crippen LogP contribution in [0, 0.1) is 0 Å². The monoisotopic (exact) mass is 396 g/mol. The van der Waals surface area contributed by atoms with Crippen molar-refractivity contribution in [1.82, 2.24) is 9.80 Å². The van der Waals surface area contributed by atoms with Gasteiger partial charge >= 0.3 is 0 Å².